The normalized spacial score (nSPS) is 19.8. The second-order valence-electron chi connectivity index (χ2n) is 7.08. The molecule has 0 saturated carbocycles. The van der Waals surface area contributed by atoms with Crippen molar-refractivity contribution in [2.75, 3.05) is 11.9 Å². The third-order valence-corrected chi connectivity index (χ3v) is 5.33. The maximum Gasteiger partial charge on any atom is 0.341 e. The van der Waals surface area contributed by atoms with Crippen LogP contribution in [0.2, 0.25) is 0 Å². The van der Waals surface area contributed by atoms with E-state index >= 15 is 0 Å². The van der Waals surface area contributed by atoms with Crippen molar-refractivity contribution in [2.24, 2.45) is 5.73 Å². The number of rotatable bonds is 4. The highest BCUT2D eigenvalue weighted by atomic mass is 19.1. The first kappa shape index (κ1) is 20.3. The first-order chi connectivity index (χ1) is 14.8. The van der Waals surface area contributed by atoms with Crippen LogP contribution in [0, 0.1) is 5.82 Å². The number of fused-ring (bicyclic) bond motifs is 2. The predicted molar refractivity (Wildman–Crippen MR) is 109 cm³/mol. The van der Waals surface area contributed by atoms with Crippen molar-refractivity contribution in [1.29, 1.82) is 0 Å². The lowest BCUT2D eigenvalue weighted by atomic mass is 9.66. The summed E-state index contributed by atoms with van der Waals surface area (Å²) in [5, 5.41) is 2.64. The fourth-order valence-electron chi connectivity index (χ4n) is 4.13. The molecule has 2 aromatic rings. The second-order valence-corrected chi connectivity index (χ2v) is 7.08. The van der Waals surface area contributed by atoms with Gasteiger partial charge >= 0.3 is 5.97 Å². The first-order valence-corrected chi connectivity index (χ1v) is 9.60. The molecule has 8 heteroatoms. The summed E-state index contributed by atoms with van der Waals surface area (Å²) in [6, 6.07) is 11.9. The smallest absolute Gasteiger partial charge is 0.341 e. The minimum absolute atomic E-state index is 0.00597. The molecule has 1 amide bonds. The molecule has 0 aromatic heterocycles. The molecule has 1 spiro atoms. The lowest BCUT2D eigenvalue weighted by Gasteiger charge is -2.36. The SMILES string of the molecule is CCOC(=O)C1=C(N)OC(C)=C(C(=O)c2ccccc2)C12C(=O)Nc1ccc(F)cc12. The highest BCUT2D eigenvalue weighted by Crippen LogP contribution is 2.53. The van der Waals surface area contributed by atoms with Crippen LogP contribution in [0.3, 0.4) is 0 Å². The molecular formula is C23H19FN2O5. The Kier molecular flexibility index (Phi) is 4.85. The van der Waals surface area contributed by atoms with E-state index in [0.717, 1.165) is 6.07 Å². The van der Waals surface area contributed by atoms with E-state index in [4.69, 9.17) is 15.2 Å². The lowest BCUT2D eigenvalue weighted by molar-refractivity contribution is -0.140. The van der Waals surface area contributed by atoms with E-state index in [1.54, 1.807) is 37.3 Å². The molecule has 31 heavy (non-hydrogen) atoms. The Balaban J connectivity index is 2.07. The number of ketones is 1. The molecule has 158 valence electrons. The minimum Gasteiger partial charge on any atom is -0.462 e. The molecule has 1 atom stereocenters. The van der Waals surface area contributed by atoms with Gasteiger partial charge in [-0.3, -0.25) is 9.59 Å². The number of esters is 1. The molecule has 3 N–H and O–H groups in total. The standard InChI is InChI=1S/C23H19FN2O5/c1-3-30-21(28)18-20(25)31-12(2)17(19(27)13-7-5-4-6-8-13)23(18)15-11-14(24)9-10-16(15)26-22(23)29/h4-11H,3,25H2,1-2H3,(H,26,29). The number of nitrogens with one attached hydrogen (secondary N) is 1. The van der Waals surface area contributed by atoms with Crippen molar-refractivity contribution >= 4 is 23.3 Å². The number of amides is 1. The number of carbonyl (C=O) groups is 3. The molecule has 0 radical (unpaired) electrons. The molecule has 1 unspecified atom stereocenters. The third kappa shape index (κ3) is 2.91. The number of carbonyl (C=O) groups excluding carboxylic acids is 3. The van der Waals surface area contributed by atoms with Gasteiger partial charge in [0.1, 0.15) is 22.6 Å². The van der Waals surface area contributed by atoms with Crippen molar-refractivity contribution in [2.45, 2.75) is 19.3 Å². The Bertz CT molecular complexity index is 1190. The summed E-state index contributed by atoms with van der Waals surface area (Å²) in [6.45, 7) is 3.05. The van der Waals surface area contributed by atoms with Crippen molar-refractivity contribution in [3.63, 3.8) is 0 Å². The van der Waals surface area contributed by atoms with Crippen LogP contribution in [-0.2, 0) is 24.5 Å². The molecule has 2 aliphatic rings. The zero-order valence-electron chi connectivity index (χ0n) is 16.8. The molecule has 0 fully saturated rings. The van der Waals surface area contributed by atoms with Crippen LogP contribution < -0.4 is 11.1 Å². The molecule has 4 rings (SSSR count). The Labute approximate surface area is 177 Å². The van der Waals surface area contributed by atoms with E-state index < -0.39 is 28.9 Å². The molecule has 0 saturated heterocycles. The van der Waals surface area contributed by atoms with Crippen LogP contribution in [0.5, 0.6) is 0 Å². The van der Waals surface area contributed by atoms with E-state index in [1.807, 2.05) is 0 Å². The monoisotopic (exact) mass is 422 g/mol. The number of hydrogen-bond acceptors (Lipinski definition) is 6. The van der Waals surface area contributed by atoms with Gasteiger partial charge in [0.05, 0.1) is 12.2 Å². The zero-order valence-corrected chi connectivity index (χ0v) is 16.8. The molecule has 7 nitrogen and oxygen atoms in total. The van der Waals surface area contributed by atoms with Gasteiger partial charge in [0.2, 0.25) is 11.8 Å². The van der Waals surface area contributed by atoms with Gasteiger partial charge in [-0.15, -0.1) is 0 Å². The topological polar surface area (TPSA) is 108 Å². The first-order valence-electron chi connectivity index (χ1n) is 9.60. The summed E-state index contributed by atoms with van der Waals surface area (Å²) in [5.41, 5.74) is 4.15. The summed E-state index contributed by atoms with van der Waals surface area (Å²) >= 11 is 0. The summed E-state index contributed by atoms with van der Waals surface area (Å²) in [5.74, 6) is -3.20. The Morgan fingerprint density at radius 1 is 1.16 bits per heavy atom. The summed E-state index contributed by atoms with van der Waals surface area (Å²) in [4.78, 5) is 40.1. The van der Waals surface area contributed by atoms with Crippen molar-refractivity contribution < 1.29 is 28.2 Å². The Morgan fingerprint density at radius 3 is 2.55 bits per heavy atom. The van der Waals surface area contributed by atoms with Crippen LogP contribution in [0.25, 0.3) is 0 Å². The van der Waals surface area contributed by atoms with Gasteiger partial charge < -0.3 is 20.5 Å². The molecule has 0 aliphatic carbocycles. The van der Waals surface area contributed by atoms with Gasteiger partial charge in [0, 0.05) is 16.8 Å². The number of nitrogens with two attached hydrogens (primary N) is 1. The highest BCUT2D eigenvalue weighted by molar-refractivity contribution is 6.25. The second kappa shape index (κ2) is 7.39. The van der Waals surface area contributed by atoms with Gasteiger partial charge in [0.15, 0.2) is 5.78 Å². The molecule has 2 aliphatic heterocycles. The maximum atomic E-state index is 14.3. The average Bonchev–Trinajstić information content (AvgIpc) is 3.00. The van der Waals surface area contributed by atoms with Crippen molar-refractivity contribution in [3.05, 3.63) is 88.3 Å². The average molecular weight is 422 g/mol. The van der Waals surface area contributed by atoms with E-state index in [2.05, 4.69) is 5.32 Å². The Hall–Kier alpha value is -3.94. The minimum atomic E-state index is -2.02. The van der Waals surface area contributed by atoms with Gasteiger partial charge in [-0.25, -0.2) is 9.18 Å². The number of anilines is 1. The van der Waals surface area contributed by atoms with Gasteiger partial charge in [0.25, 0.3) is 0 Å². The zero-order chi connectivity index (χ0) is 22.3. The van der Waals surface area contributed by atoms with Crippen LogP contribution in [-0.4, -0.2) is 24.3 Å². The van der Waals surface area contributed by atoms with Gasteiger partial charge in [-0.2, -0.15) is 0 Å². The summed E-state index contributed by atoms with van der Waals surface area (Å²) < 4.78 is 25.0. The quantitative estimate of drug-likeness (QED) is 0.580. The van der Waals surface area contributed by atoms with E-state index in [1.165, 1.54) is 19.1 Å². The number of allylic oxidation sites excluding steroid dienone is 1. The van der Waals surface area contributed by atoms with Crippen LogP contribution in [0.4, 0.5) is 10.1 Å². The maximum absolute atomic E-state index is 14.3. The summed E-state index contributed by atoms with van der Waals surface area (Å²) in [6.07, 6.45) is 0. The van der Waals surface area contributed by atoms with Crippen LogP contribution in [0.1, 0.15) is 29.8 Å². The fourth-order valence-corrected chi connectivity index (χ4v) is 4.13. The van der Waals surface area contributed by atoms with E-state index in [0.29, 0.717) is 0 Å². The number of ether oxygens (including phenoxy) is 2. The number of halogens is 1. The molecule has 2 aromatic carbocycles. The summed E-state index contributed by atoms with van der Waals surface area (Å²) in [7, 11) is 0. The van der Waals surface area contributed by atoms with Crippen LogP contribution >= 0.6 is 0 Å². The van der Waals surface area contributed by atoms with Gasteiger partial charge in [-0.1, -0.05) is 30.3 Å². The van der Waals surface area contributed by atoms with Crippen molar-refractivity contribution in [1.82, 2.24) is 0 Å². The molecular weight excluding hydrogens is 403 g/mol. The molecule has 2 heterocycles. The highest BCUT2D eigenvalue weighted by Gasteiger charge is 2.61. The predicted octanol–water partition coefficient (Wildman–Crippen LogP) is 2.94. The number of Topliss-reactive ketones (excluding diaryl/α,β-unsaturated/α-hetero) is 1. The van der Waals surface area contributed by atoms with E-state index in [9.17, 15) is 18.8 Å². The Morgan fingerprint density at radius 2 is 1.87 bits per heavy atom. The number of benzene rings is 2. The van der Waals surface area contributed by atoms with E-state index in [-0.39, 0.29) is 46.2 Å². The number of hydrogen-bond donors (Lipinski definition) is 2. The largest absolute Gasteiger partial charge is 0.462 e. The third-order valence-electron chi connectivity index (χ3n) is 5.33. The lowest BCUT2D eigenvalue weighted by Crippen LogP contribution is -2.48. The van der Waals surface area contributed by atoms with Crippen molar-refractivity contribution in [3.8, 4) is 0 Å². The molecule has 0 bridgehead atoms. The fraction of sp³-hybridized carbons (Fsp3) is 0.174. The van der Waals surface area contributed by atoms with Gasteiger partial charge in [-0.05, 0) is 32.0 Å². The van der Waals surface area contributed by atoms with Crippen LogP contribution in [0.15, 0.2) is 71.3 Å².